The second-order valence-corrected chi connectivity index (χ2v) is 8.76. The van der Waals surface area contributed by atoms with E-state index in [1.54, 1.807) is 43.3 Å². The largest absolute Gasteiger partial charge is 0.493 e. The van der Waals surface area contributed by atoms with Gasteiger partial charge in [0, 0.05) is 50.1 Å². The summed E-state index contributed by atoms with van der Waals surface area (Å²) in [4.78, 5) is 25.1. The van der Waals surface area contributed by atoms with Gasteiger partial charge in [-0.15, -0.1) is 0 Å². The summed E-state index contributed by atoms with van der Waals surface area (Å²) in [7, 11) is 4.96. The number of methoxy groups -OCH3 is 1. The number of hydrogen-bond acceptors (Lipinski definition) is 4. The first kappa shape index (κ1) is 24.4. The molecule has 0 aliphatic heterocycles. The van der Waals surface area contributed by atoms with Gasteiger partial charge >= 0.3 is 5.97 Å². The van der Waals surface area contributed by atoms with Crippen molar-refractivity contribution >= 4 is 22.8 Å². The number of fused-ring (bicyclic) bond motifs is 1. The van der Waals surface area contributed by atoms with Crippen LogP contribution in [-0.2, 0) is 22.4 Å². The Labute approximate surface area is 196 Å². The zero-order valence-electron chi connectivity index (χ0n) is 20.3. The topological polar surface area (TPSA) is 60.8 Å². The van der Waals surface area contributed by atoms with Gasteiger partial charge in [0.25, 0.3) is 0 Å². The molecule has 3 rings (SSSR count). The van der Waals surface area contributed by atoms with Gasteiger partial charge in [-0.3, -0.25) is 4.79 Å². The van der Waals surface area contributed by atoms with Crippen LogP contribution in [0.15, 0.2) is 48.7 Å². The van der Waals surface area contributed by atoms with Crippen molar-refractivity contribution in [2.45, 2.75) is 45.6 Å². The lowest BCUT2D eigenvalue weighted by Gasteiger charge is -2.11. The van der Waals surface area contributed by atoms with Crippen molar-refractivity contribution in [1.29, 1.82) is 0 Å². The maximum Gasteiger partial charge on any atom is 0.337 e. The zero-order chi connectivity index (χ0) is 24.0. The zero-order valence-corrected chi connectivity index (χ0v) is 20.3. The molecule has 0 aliphatic rings. The quantitative estimate of drug-likeness (QED) is 0.406. The normalized spacial score (nSPS) is 11.1. The summed E-state index contributed by atoms with van der Waals surface area (Å²) < 4.78 is 13.0. The van der Waals surface area contributed by atoms with E-state index in [9.17, 15) is 9.59 Å². The van der Waals surface area contributed by atoms with Gasteiger partial charge in [0.15, 0.2) is 0 Å². The minimum absolute atomic E-state index is 0.166. The van der Waals surface area contributed by atoms with Gasteiger partial charge in [-0.25, -0.2) is 4.79 Å². The molecule has 0 saturated carbocycles. The summed E-state index contributed by atoms with van der Waals surface area (Å²) in [6, 6.07) is 14.0. The monoisotopic (exact) mass is 450 g/mol. The summed E-state index contributed by atoms with van der Waals surface area (Å²) in [6.45, 7) is 4.91. The van der Waals surface area contributed by atoms with Crippen molar-refractivity contribution in [3.8, 4) is 5.75 Å². The van der Waals surface area contributed by atoms with Crippen LogP contribution in [0.1, 0.15) is 54.2 Å². The lowest BCUT2D eigenvalue weighted by molar-refractivity contribution is -0.128. The summed E-state index contributed by atoms with van der Waals surface area (Å²) >= 11 is 0. The molecule has 1 heterocycles. The standard InChI is InChI=1S/C27H34N2O4/c1-19(2)29-18-22(15-16-33-23-12-10-21(11-13-23)27(31)32-5)24-17-20(9-14-25(24)29)7-6-8-26(30)28(3)4/h9-14,17-19H,6-8,15-16H2,1-5H3. The smallest absolute Gasteiger partial charge is 0.337 e. The van der Waals surface area contributed by atoms with Crippen LogP contribution in [-0.4, -0.2) is 49.2 Å². The number of nitrogens with zero attached hydrogens (tertiary/aromatic N) is 2. The van der Waals surface area contributed by atoms with Gasteiger partial charge in [-0.2, -0.15) is 0 Å². The maximum absolute atomic E-state index is 11.9. The van der Waals surface area contributed by atoms with E-state index in [-0.39, 0.29) is 11.9 Å². The number of hydrogen-bond donors (Lipinski definition) is 0. The van der Waals surface area contributed by atoms with E-state index in [2.05, 4.69) is 42.8 Å². The molecule has 0 fully saturated rings. The number of aryl methyl sites for hydroxylation is 1. The van der Waals surface area contributed by atoms with E-state index in [1.807, 2.05) is 0 Å². The lowest BCUT2D eigenvalue weighted by atomic mass is 10.0. The van der Waals surface area contributed by atoms with Crippen LogP contribution >= 0.6 is 0 Å². The first-order chi connectivity index (χ1) is 15.8. The molecule has 0 radical (unpaired) electrons. The Morgan fingerprint density at radius 3 is 2.39 bits per heavy atom. The third-order valence-corrected chi connectivity index (χ3v) is 5.81. The van der Waals surface area contributed by atoms with Gasteiger partial charge in [0.1, 0.15) is 5.75 Å². The van der Waals surface area contributed by atoms with Crippen molar-refractivity contribution in [3.05, 3.63) is 65.4 Å². The number of carbonyl (C=O) groups is 2. The molecule has 176 valence electrons. The van der Waals surface area contributed by atoms with Crippen molar-refractivity contribution in [3.63, 3.8) is 0 Å². The summed E-state index contributed by atoms with van der Waals surface area (Å²) in [6.07, 6.45) is 5.28. The number of ether oxygens (including phenoxy) is 2. The summed E-state index contributed by atoms with van der Waals surface area (Å²) in [5, 5.41) is 1.24. The highest BCUT2D eigenvalue weighted by molar-refractivity contribution is 5.89. The highest BCUT2D eigenvalue weighted by Gasteiger charge is 2.12. The van der Waals surface area contributed by atoms with E-state index in [4.69, 9.17) is 9.47 Å². The van der Waals surface area contributed by atoms with Crippen molar-refractivity contribution < 1.29 is 19.1 Å². The van der Waals surface area contributed by atoms with E-state index < -0.39 is 0 Å². The van der Waals surface area contributed by atoms with Crippen molar-refractivity contribution in [2.75, 3.05) is 27.8 Å². The molecule has 0 N–H and O–H groups in total. The van der Waals surface area contributed by atoms with Crippen LogP contribution in [0.25, 0.3) is 10.9 Å². The Kier molecular flexibility index (Phi) is 8.15. The number of esters is 1. The average Bonchev–Trinajstić information content (AvgIpc) is 3.17. The number of benzene rings is 2. The van der Waals surface area contributed by atoms with E-state index in [0.29, 0.717) is 24.6 Å². The molecule has 6 heteroatoms. The van der Waals surface area contributed by atoms with E-state index in [1.165, 1.54) is 29.1 Å². The third kappa shape index (κ3) is 6.15. The molecule has 0 saturated heterocycles. The molecule has 6 nitrogen and oxygen atoms in total. The molecule has 2 aromatic carbocycles. The SMILES string of the molecule is COC(=O)c1ccc(OCCc2cn(C(C)C)c3ccc(CCCC(=O)N(C)C)cc23)cc1. The fourth-order valence-electron chi connectivity index (χ4n) is 3.91. The molecule has 3 aromatic rings. The number of amides is 1. The van der Waals surface area contributed by atoms with Crippen LogP contribution in [0.5, 0.6) is 5.75 Å². The third-order valence-electron chi connectivity index (χ3n) is 5.81. The fourth-order valence-corrected chi connectivity index (χ4v) is 3.91. The summed E-state index contributed by atoms with van der Waals surface area (Å²) in [5.74, 6) is 0.533. The molecule has 33 heavy (non-hydrogen) atoms. The Balaban J connectivity index is 1.70. The summed E-state index contributed by atoms with van der Waals surface area (Å²) in [5.41, 5.74) is 4.22. The number of rotatable bonds is 10. The van der Waals surface area contributed by atoms with Crippen molar-refractivity contribution in [1.82, 2.24) is 9.47 Å². The van der Waals surface area contributed by atoms with Crippen LogP contribution in [0, 0.1) is 0 Å². The molecule has 0 atom stereocenters. The van der Waals surface area contributed by atoms with Gasteiger partial charge in [0.05, 0.1) is 19.3 Å². The van der Waals surface area contributed by atoms with E-state index in [0.717, 1.165) is 25.0 Å². The van der Waals surface area contributed by atoms with Gasteiger partial charge < -0.3 is 18.9 Å². The Morgan fingerprint density at radius 1 is 1.03 bits per heavy atom. The molecule has 0 bridgehead atoms. The molecule has 0 aliphatic carbocycles. The second-order valence-electron chi connectivity index (χ2n) is 8.76. The highest BCUT2D eigenvalue weighted by atomic mass is 16.5. The van der Waals surface area contributed by atoms with Gasteiger partial charge in [0.2, 0.25) is 5.91 Å². The molecule has 0 spiro atoms. The van der Waals surface area contributed by atoms with Crippen LogP contribution in [0.3, 0.4) is 0 Å². The Hall–Kier alpha value is -3.28. The highest BCUT2D eigenvalue weighted by Crippen LogP contribution is 2.27. The fraction of sp³-hybridized carbons (Fsp3) is 0.407. The first-order valence-electron chi connectivity index (χ1n) is 11.4. The lowest BCUT2D eigenvalue weighted by Crippen LogP contribution is -2.21. The maximum atomic E-state index is 11.9. The number of carbonyl (C=O) groups excluding carboxylic acids is 2. The predicted octanol–water partition coefficient (Wildman–Crippen LogP) is 5.04. The minimum Gasteiger partial charge on any atom is -0.493 e. The molecular weight excluding hydrogens is 416 g/mol. The first-order valence-corrected chi connectivity index (χ1v) is 11.4. The van der Waals surface area contributed by atoms with E-state index >= 15 is 0 Å². The van der Waals surface area contributed by atoms with Crippen LogP contribution < -0.4 is 4.74 Å². The molecule has 1 amide bonds. The Bertz CT molecular complexity index is 1100. The number of aromatic nitrogens is 1. The molecule has 0 unspecified atom stereocenters. The van der Waals surface area contributed by atoms with Gasteiger partial charge in [-0.1, -0.05) is 6.07 Å². The Morgan fingerprint density at radius 2 is 1.76 bits per heavy atom. The van der Waals surface area contributed by atoms with Crippen LogP contribution in [0.2, 0.25) is 0 Å². The second kappa shape index (κ2) is 11.0. The predicted molar refractivity (Wildman–Crippen MR) is 131 cm³/mol. The van der Waals surface area contributed by atoms with Crippen molar-refractivity contribution in [2.24, 2.45) is 0 Å². The van der Waals surface area contributed by atoms with Crippen LogP contribution in [0.4, 0.5) is 0 Å². The minimum atomic E-state index is -0.357. The van der Waals surface area contributed by atoms with Gasteiger partial charge in [-0.05, 0) is 74.2 Å². The molecule has 1 aromatic heterocycles. The average molecular weight is 451 g/mol. The molecular formula is C27H34N2O4.